The molecule has 4 aromatic heterocycles. The van der Waals surface area contributed by atoms with Crippen LogP contribution in [0.3, 0.4) is 0 Å². The van der Waals surface area contributed by atoms with E-state index in [-0.39, 0.29) is 5.41 Å². The first-order valence-electron chi connectivity index (χ1n) is 15.8. The lowest BCUT2D eigenvalue weighted by atomic mass is 9.81. The van der Waals surface area contributed by atoms with Crippen molar-refractivity contribution in [1.29, 1.82) is 0 Å². The van der Waals surface area contributed by atoms with Crippen molar-refractivity contribution < 1.29 is 8.83 Å². The van der Waals surface area contributed by atoms with E-state index in [4.69, 9.17) is 18.8 Å². The van der Waals surface area contributed by atoms with Crippen LogP contribution in [0.25, 0.3) is 105 Å². The molecule has 0 saturated carbocycles. The molecule has 0 spiro atoms. The highest BCUT2D eigenvalue weighted by Crippen LogP contribution is 2.56. The Labute approximate surface area is 260 Å². The number of nitrogens with zero attached hydrogens (tertiary/aromatic N) is 3. The predicted molar refractivity (Wildman–Crippen MR) is 186 cm³/mol. The first kappa shape index (κ1) is 23.4. The standard InChI is InChI=1S/C41H23N3O2/c1-41(2)22-12-16-27-35-31(22)32-23(41)13-17-28-36(32)38-30(46-28)19-15-26-34(38)33-25(14-18-29(45-27)37(33)35)44(26)40-42-24-11-7-6-10-21(24)39(43-40)20-8-4-3-5-9-20/h3-19H,1-2H3. The number of furan rings is 2. The normalized spacial score (nSPS) is 14.5. The fourth-order valence-corrected chi connectivity index (χ4v) is 8.79. The topological polar surface area (TPSA) is 57.0 Å². The quantitative estimate of drug-likeness (QED) is 0.201. The van der Waals surface area contributed by atoms with Crippen LogP contribution < -0.4 is 0 Å². The molecule has 0 N–H and O–H groups in total. The minimum Gasteiger partial charge on any atom is -0.456 e. The highest BCUT2D eigenvalue weighted by molar-refractivity contribution is 6.42. The Morgan fingerprint density at radius 1 is 0.500 bits per heavy atom. The molecule has 1 aliphatic carbocycles. The van der Waals surface area contributed by atoms with Crippen LogP contribution in [0.5, 0.6) is 0 Å². The zero-order valence-electron chi connectivity index (χ0n) is 25.0. The molecule has 0 radical (unpaired) electrons. The van der Waals surface area contributed by atoms with E-state index in [0.717, 1.165) is 77.1 Å². The predicted octanol–water partition coefficient (Wildman–Crippen LogP) is 10.9. The lowest BCUT2D eigenvalue weighted by Gasteiger charge is -2.21. The largest absolute Gasteiger partial charge is 0.456 e. The summed E-state index contributed by atoms with van der Waals surface area (Å²) in [7, 11) is 0. The molecule has 5 heteroatoms. The fraction of sp³-hybridized carbons (Fsp3) is 0.0732. The summed E-state index contributed by atoms with van der Waals surface area (Å²) in [5.41, 5.74) is 11.1. The van der Waals surface area contributed by atoms with Crippen LogP contribution in [0.4, 0.5) is 0 Å². The molecule has 214 valence electrons. The molecule has 0 bridgehead atoms. The zero-order chi connectivity index (χ0) is 30.1. The smallest absolute Gasteiger partial charge is 0.235 e. The van der Waals surface area contributed by atoms with Gasteiger partial charge in [-0.3, -0.25) is 4.57 Å². The molecule has 0 saturated heterocycles. The summed E-state index contributed by atoms with van der Waals surface area (Å²) in [6, 6.07) is 36.1. The van der Waals surface area contributed by atoms with Crippen LogP contribution in [0.2, 0.25) is 0 Å². The molecule has 11 aromatic rings. The second kappa shape index (κ2) is 7.47. The number of hydrogen-bond donors (Lipinski definition) is 0. The van der Waals surface area contributed by atoms with Gasteiger partial charge in [0.15, 0.2) is 0 Å². The molecule has 7 aromatic carbocycles. The third-order valence-electron chi connectivity index (χ3n) is 10.7. The molecule has 0 amide bonds. The van der Waals surface area contributed by atoms with Gasteiger partial charge in [0.05, 0.1) is 22.2 Å². The van der Waals surface area contributed by atoms with E-state index < -0.39 is 0 Å². The molecule has 0 aliphatic heterocycles. The molecular formula is C41H23N3O2. The molecule has 46 heavy (non-hydrogen) atoms. The number of fused-ring (bicyclic) bond motifs is 1. The van der Waals surface area contributed by atoms with E-state index >= 15 is 0 Å². The van der Waals surface area contributed by atoms with Crippen LogP contribution in [-0.2, 0) is 5.41 Å². The van der Waals surface area contributed by atoms with E-state index in [2.05, 4.69) is 109 Å². The Balaban J connectivity index is 1.37. The van der Waals surface area contributed by atoms with Crippen molar-refractivity contribution in [3.05, 3.63) is 114 Å². The monoisotopic (exact) mass is 589 g/mol. The third kappa shape index (κ3) is 2.48. The van der Waals surface area contributed by atoms with Crippen molar-refractivity contribution in [1.82, 2.24) is 14.5 Å². The summed E-state index contributed by atoms with van der Waals surface area (Å²) in [6.07, 6.45) is 0. The van der Waals surface area contributed by atoms with Crippen molar-refractivity contribution >= 4 is 87.4 Å². The van der Waals surface area contributed by atoms with Gasteiger partial charge in [-0.05, 0) is 64.4 Å². The van der Waals surface area contributed by atoms with Gasteiger partial charge in [-0.1, -0.05) is 74.5 Å². The highest BCUT2D eigenvalue weighted by Gasteiger charge is 2.37. The molecule has 0 fully saturated rings. The SMILES string of the molecule is CC1(C)c2ccc3oc4ccc5c6c4c3c2c2c1ccc1oc3ccc(c6c3c12)n5-c1nc(-c2ccccc2)c2ccccc2n1. The molecule has 5 nitrogen and oxygen atoms in total. The second-order valence-corrected chi connectivity index (χ2v) is 13.3. The van der Waals surface area contributed by atoms with Crippen molar-refractivity contribution in [3.63, 3.8) is 0 Å². The summed E-state index contributed by atoms with van der Waals surface area (Å²) in [5, 5.41) is 10.6. The summed E-state index contributed by atoms with van der Waals surface area (Å²) >= 11 is 0. The average Bonchev–Trinajstić information content (AvgIpc) is 3.80. The number of rotatable bonds is 2. The summed E-state index contributed by atoms with van der Waals surface area (Å²) in [4.78, 5) is 10.6. The van der Waals surface area contributed by atoms with Gasteiger partial charge in [0.1, 0.15) is 22.3 Å². The number of hydrogen-bond acceptors (Lipinski definition) is 4. The van der Waals surface area contributed by atoms with Gasteiger partial charge in [0.2, 0.25) is 5.95 Å². The number of benzene rings is 6. The van der Waals surface area contributed by atoms with Crippen molar-refractivity contribution in [2.75, 3.05) is 0 Å². The zero-order valence-corrected chi connectivity index (χ0v) is 25.0. The lowest BCUT2D eigenvalue weighted by Crippen LogP contribution is -2.15. The molecule has 12 rings (SSSR count). The first-order chi connectivity index (χ1) is 22.6. The lowest BCUT2D eigenvalue weighted by molar-refractivity contribution is 0.656. The van der Waals surface area contributed by atoms with Gasteiger partial charge >= 0.3 is 0 Å². The van der Waals surface area contributed by atoms with E-state index in [0.29, 0.717) is 5.95 Å². The highest BCUT2D eigenvalue weighted by atomic mass is 16.3. The van der Waals surface area contributed by atoms with E-state index in [1.807, 2.05) is 12.1 Å². The Bertz CT molecular complexity index is 2960. The maximum atomic E-state index is 6.66. The van der Waals surface area contributed by atoms with E-state index in [9.17, 15) is 0 Å². The Morgan fingerprint density at radius 2 is 1.02 bits per heavy atom. The molecule has 1 aliphatic rings. The molecule has 4 heterocycles. The van der Waals surface area contributed by atoms with Crippen molar-refractivity contribution in [2.24, 2.45) is 0 Å². The Hall–Kier alpha value is -5.94. The maximum Gasteiger partial charge on any atom is 0.235 e. The van der Waals surface area contributed by atoms with Gasteiger partial charge in [0.25, 0.3) is 0 Å². The minimum absolute atomic E-state index is 0.150. The fourth-order valence-electron chi connectivity index (χ4n) is 8.79. The van der Waals surface area contributed by atoms with Gasteiger partial charge in [-0.15, -0.1) is 0 Å². The average molecular weight is 590 g/mol. The summed E-state index contributed by atoms with van der Waals surface area (Å²) in [5.74, 6) is 0.645. The van der Waals surface area contributed by atoms with Crippen LogP contribution in [0, 0.1) is 0 Å². The van der Waals surface area contributed by atoms with E-state index in [1.54, 1.807) is 0 Å². The molecular weight excluding hydrogens is 566 g/mol. The maximum absolute atomic E-state index is 6.66. The van der Waals surface area contributed by atoms with Crippen molar-refractivity contribution in [2.45, 2.75) is 19.3 Å². The molecule has 0 unspecified atom stereocenters. The van der Waals surface area contributed by atoms with Crippen LogP contribution in [0.1, 0.15) is 25.0 Å². The van der Waals surface area contributed by atoms with Crippen LogP contribution in [-0.4, -0.2) is 14.5 Å². The Kier molecular flexibility index (Phi) is 3.80. The van der Waals surface area contributed by atoms with Gasteiger partial charge in [0, 0.05) is 48.7 Å². The third-order valence-corrected chi connectivity index (χ3v) is 10.7. The summed E-state index contributed by atoms with van der Waals surface area (Å²) < 4.78 is 15.6. The van der Waals surface area contributed by atoms with Gasteiger partial charge in [-0.2, -0.15) is 0 Å². The van der Waals surface area contributed by atoms with Crippen LogP contribution in [0.15, 0.2) is 112 Å². The van der Waals surface area contributed by atoms with E-state index in [1.165, 1.54) is 32.7 Å². The van der Waals surface area contributed by atoms with Gasteiger partial charge in [-0.25, -0.2) is 9.97 Å². The first-order valence-corrected chi connectivity index (χ1v) is 15.8. The number of aromatic nitrogens is 3. The van der Waals surface area contributed by atoms with Crippen LogP contribution >= 0.6 is 0 Å². The Morgan fingerprint density at radius 3 is 1.63 bits per heavy atom. The van der Waals surface area contributed by atoms with Crippen molar-refractivity contribution in [3.8, 4) is 17.2 Å². The molecule has 0 atom stereocenters. The summed E-state index contributed by atoms with van der Waals surface area (Å²) in [6.45, 7) is 4.68. The number of para-hydroxylation sites is 1. The minimum atomic E-state index is -0.150. The van der Waals surface area contributed by atoms with Gasteiger partial charge < -0.3 is 8.83 Å². The second-order valence-electron chi connectivity index (χ2n) is 13.3.